The summed E-state index contributed by atoms with van der Waals surface area (Å²) in [6.07, 6.45) is -0.148. The fraction of sp³-hybridized carbons (Fsp3) is 0.222. The first-order chi connectivity index (χ1) is 12.1. The Kier molecular flexibility index (Phi) is 7.09. The van der Waals surface area contributed by atoms with Gasteiger partial charge >= 0.3 is 0 Å². The molecule has 0 aliphatic carbocycles. The zero-order chi connectivity index (χ0) is 18.1. The van der Waals surface area contributed by atoms with Crippen LogP contribution in [0.5, 0.6) is 11.5 Å². The number of rotatable bonds is 9. The number of aliphatic hydroxyl groups is 1. The van der Waals surface area contributed by atoms with Gasteiger partial charge in [-0.2, -0.15) is 0 Å². The molecule has 4 N–H and O–H groups in total. The van der Waals surface area contributed by atoms with Crippen LogP contribution in [-0.4, -0.2) is 41.2 Å². The first-order valence-electron chi connectivity index (χ1n) is 7.78. The number of para-hydroxylation sites is 1. The summed E-state index contributed by atoms with van der Waals surface area (Å²) in [5, 5.41) is 20.2. The number of carbonyl (C=O) groups is 2. The van der Waals surface area contributed by atoms with Crippen molar-refractivity contribution in [2.75, 3.05) is 13.2 Å². The Bertz CT molecular complexity index is 688. The van der Waals surface area contributed by atoms with E-state index in [0.29, 0.717) is 17.1 Å². The zero-order valence-electron chi connectivity index (χ0n) is 13.5. The van der Waals surface area contributed by atoms with E-state index in [-0.39, 0.29) is 25.4 Å². The predicted molar refractivity (Wildman–Crippen MR) is 90.7 cm³/mol. The van der Waals surface area contributed by atoms with Crippen molar-refractivity contribution in [1.82, 2.24) is 10.8 Å². The van der Waals surface area contributed by atoms with Gasteiger partial charge in [-0.1, -0.05) is 18.2 Å². The fourth-order valence-electron chi connectivity index (χ4n) is 2.21. The highest BCUT2D eigenvalue weighted by atomic mass is 16.5. The van der Waals surface area contributed by atoms with Crippen molar-refractivity contribution >= 4 is 11.7 Å². The third kappa shape index (κ3) is 5.68. The second-order valence-corrected chi connectivity index (χ2v) is 5.27. The van der Waals surface area contributed by atoms with Crippen LogP contribution in [0.4, 0.5) is 0 Å². The van der Waals surface area contributed by atoms with Crippen molar-refractivity contribution in [3.63, 3.8) is 0 Å². The summed E-state index contributed by atoms with van der Waals surface area (Å²) >= 11 is 0. The van der Waals surface area contributed by atoms with Gasteiger partial charge in [-0.05, 0) is 36.4 Å². The Morgan fingerprint density at radius 1 is 1.00 bits per heavy atom. The minimum atomic E-state index is -0.926. The molecular weight excluding hydrogens is 324 g/mol. The Morgan fingerprint density at radius 3 is 2.24 bits per heavy atom. The maximum atomic E-state index is 12.3. The Morgan fingerprint density at radius 2 is 1.64 bits per heavy atom. The van der Waals surface area contributed by atoms with E-state index in [2.05, 4.69) is 5.32 Å². The molecule has 0 aliphatic rings. The lowest BCUT2D eigenvalue weighted by atomic mass is 10.0. The molecule has 0 spiro atoms. The van der Waals surface area contributed by atoms with E-state index in [0.717, 1.165) is 0 Å². The van der Waals surface area contributed by atoms with E-state index in [4.69, 9.17) is 15.1 Å². The van der Waals surface area contributed by atoms with E-state index < -0.39 is 11.9 Å². The molecule has 0 saturated heterocycles. The molecule has 1 unspecified atom stereocenters. The molecule has 2 aromatic rings. The average Bonchev–Trinajstić information content (AvgIpc) is 2.65. The van der Waals surface area contributed by atoms with Crippen molar-refractivity contribution < 1.29 is 24.6 Å². The number of carbonyl (C=O) groups excluding carboxylic acids is 2. The lowest BCUT2D eigenvalue weighted by molar-refractivity contribution is -0.131. The van der Waals surface area contributed by atoms with Crippen LogP contribution in [0.3, 0.4) is 0 Å². The van der Waals surface area contributed by atoms with E-state index >= 15 is 0 Å². The molecule has 0 aliphatic heterocycles. The second kappa shape index (κ2) is 9.53. The number of ether oxygens (including phenoxy) is 1. The van der Waals surface area contributed by atoms with E-state index in [9.17, 15) is 9.59 Å². The normalized spacial score (nSPS) is 11.6. The third-order valence-electron chi connectivity index (χ3n) is 3.47. The lowest BCUT2D eigenvalue weighted by Crippen LogP contribution is -2.45. The maximum Gasteiger partial charge on any atom is 0.260 e. The van der Waals surface area contributed by atoms with Gasteiger partial charge in [-0.25, -0.2) is 5.48 Å². The predicted octanol–water partition coefficient (Wildman–Crippen LogP) is 1.51. The second-order valence-electron chi connectivity index (χ2n) is 5.27. The highest BCUT2D eigenvalue weighted by Crippen LogP contribution is 2.21. The van der Waals surface area contributed by atoms with Crippen molar-refractivity contribution in [3.8, 4) is 11.5 Å². The van der Waals surface area contributed by atoms with Gasteiger partial charge in [0.2, 0.25) is 0 Å². The summed E-state index contributed by atoms with van der Waals surface area (Å²) in [6, 6.07) is 14.9. The molecule has 7 nitrogen and oxygen atoms in total. The Hall–Kier alpha value is -2.74. The van der Waals surface area contributed by atoms with Crippen LogP contribution in [0.15, 0.2) is 54.6 Å². The average molecular weight is 344 g/mol. The van der Waals surface area contributed by atoms with Crippen LogP contribution in [-0.2, 0) is 4.79 Å². The molecule has 0 aromatic heterocycles. The van der Waals surface area contributed by atoms with Crippen LogP contribution in [0, 0.1) is 0 Å². The molecule has 132 valence electrons. The number of hydrogen-bond donors (Lipinski definition) is 4. The van der Waals surface area contributed by atoms with Crippen LogP contribution in [0.2, 0.25) is 0 Å². The summed E-state index contributed by atoms with van der Waals surface area (Å²) in [6.45, 7) is -0.0514. The summed E-state index contributed by atoms with van der Waals surface area (Å²) < 4.78 is 5.65. The number of aliphatic hydroxyl groups excluding tert-OH is 1. The first kappa shape index (κ1) is 18.6. The lowest BCUT2D eigenvalue weighted by Gasteiger charge is -2.15. The number of nitrogens with one attached hydrogen (secondary N) is 2. The monoisotopic (exact) mass is 344 g/mol. The Balaban J connectivity index is 2.00. The largest absolute Gasteiger partial charge is 0.457 e. The van der Waals surface area contributed by atoms with Gasteiger partial charge in [0.15, 0.2) is 5.78 Å². The van der Waals surface area contributed by atoms with E-state index in [1.165, 1.54) is 5.48 Å². The first-order valence-corrected chi connectivity index (χ1v) is 7.78. The molecule has 25 heavy (non-hydrogen) atoms. The van der Waals surface area contributed by atoms with Crippen molar-refractivity contribution in [2.24, 2.45) is 0 Å². The number of hydroxylamine groups is 1. The molecular formula is C18H20N2O5. The number of amides is 1. The van der Waals surface area contributed by atoms with Gasteiger partial charge in [0.25, 0.3) is 5.91 Å². The summed E-state index contributed by atoms with van der Waals surface area (Å²) in [5.41, 5.74) is 1.93. The van der Waals surface area contributed by atoms with Crippen molar-refractivity contribution in [2.45, 2.75) is 12.5 Å². The topological polar surface area (TPSA) is 108 Å². The Labute approximate surface area is 145 Å². The van der Waals surface area contributed by atoms with Crippen LogP contribution in [0.1, 0.15) is 16.8 Å². The van der Waals surface area contributed by atoms with Gasteiger partial charge < -0.3 is 15.2 Å². The highest BCUT2D eigenvalue weighted by molar-refractivity contribution is 5.99. The fourth-order valence-corrected chi connectivity index (χ4v) is 2.21. The van der Waals surface area contributed by atoms with Gasteiger partial charge in [-0.15, -0.1) is 0 Å². The minimum Gasteiger partial charge on any atom is -0.457 e. The molecule has 0 radical (unpaired) electrons. The van der Waals surface area contributed by atoms with Crippen molar-refractivity contribution in [1.29, 1.82) is 0 Å². The quantitative estimate of drug-likeness (QED) is 0.312. The molecule has 0 heterocycles. The molecule has 7 heteroatoms. The number of Topliss-reactive ketones (excluding diaryl/α,β-unsaturated/α-hetero) is 1. The van der Waals surface area contributed by atoms with Crippen LogP contribution >= 0.6 is 0 Å². The molecule has 1 amide bonds. The number of hydrogen-bond acceptors (Lipinski definition) is 6. The van der Waals surface area contributed by atoms with Crippen LogP contribution in [0.25, 0.3) is 0 Å². The molecule has 1 atom stereocenters. The molecule has 0 fully saturated rings. The zero-order valence-corrected chi connectivity index (χ0v) is 13.5. The van der Waals surface area contributed by atoms with E-state index in [1.807, 2.05) is 30.3 Å². The summed E-state index contributed by atoms with van der Waals surface area (Å²) in [4.78, 5) is 23.9. The van der Waals surface area contributed by atoms with Crippen molar-refractivity contribution in [3.05, 3.63) is 60.2 Å². The molecule has 2 aromatic carbocycles. The molecule has 0 saturated carbocycles. The number of ketones is 1. The van der Waals surface area contributed by atoms with Crippen LogP contribution < -0.4 is 15.5 Å². The maximum absolute atomic E-state index is 12.3. The highest BCUT2D eigenvalue weighted by Gasteiger charge is 2.21. The standard InChI is InChI=1S/C18H20N2O5/c21-11-10-19-16(18(23)20-24)12-17(22)13-6-8-15(9-7-13)25-14-4-2-1-3-5-14/h1-9,16,19,21,24H,10-12H2,(H,20,23). The SMILES string of the molecule is O=C(CC(NCCO)C(=O)NO)c1ccc(Oc2ccccc2)cc1. The smallest absolute Gasteiger partial charge is 0.260 e. The number of benzene rings is 2. The van der Waals surface area contributed by atoms with Gasteiger partial charge in [0, 0.05) is 18.5 Å². The third-order valence-corrected chi connectivity index (χ3v) is 3.47. The molecule has 2 rings (SSSR count). The summed E-state index contributed by atoms with van der Waals surface area (Å²) in [7, 11) is 0. The summed E-state index contributed by atoms with van der Waals surface area (Å²) in [5.74, 6) is 0.274. The van der Waals surface area contributed by atoms with Gasteiger partial charge in [0.05, 0.1) is 12.6 Å². The minimum absolute atomic E-state index is 0.134. The van der Waals surface area contributed by atoms with Gasteiger partial charge in [0.1, 0.15) is 11.5 Å². The van der Waals surface area contributed by atoms with E-state index in [1.54, 1.807) is 24.3 Å². The molecule has 0 bridgehead atoms. The van der Waals surface area contributed by atoms with Gasteiger partial charge in [-0.3, -0.25) is 14.8 Å².